The highest BCUT2D eigenvalue weighted by molar-refractivity contribution is 6.03. The number of anilines is 1. The minimum atomic E-state index is -0.210. The van der Waals surface area contributed by atoms with E-state index in [4.69, 9.17) is 0 Å². The van der Waals surface area contributed by atoms with Crippen molar-refractivity contribution in [1.29, 1.82) is 0 Å². The Morgan fingerprint density at radius 2 is 2.17 bits per heavy atom. The highest BCUT2D eigenvalue weighted by Crippen LogP contribution is 2.23. The predicted octanol–water partition coefficient (Wildman–Crippen LogP) is 1.18. The van der Waals surface area contributed by atoms with Gasteiger partial charge in [0.15, 0.2) is 5.82 Å². The number of rotatable bonds is 3. The minimum absolute atomic E-state index is 0.210. The lowest BCUT2D eigenvalue weighted by Gasteiger charge is -2.19. The van der Waals surface area contributed by atoms with Crippen molar-refractivity contribution in [3.05, 3.63) is 42.1 Å². The summed E-state index contributed by atoms with van der Waals surface area (Å²) < 4.78 is 3.44. The van der Waals surface area contributed by atoms with Crippen molar-refractivity contribution in [3.8, 4) is 0 Å². The molecule has 3 aromatic heterocycles. The van der Waals surface area contributed by atoms with Gasteiger partial charge in [-0.2, -0.15) is 10.1 Å². The summed E-state index contributed by atoms with van der Waals surface area (Å²) in [5.74, 6) is 1.42. The van der Waals surface area contributed by atoms with Gasteiger partial charge in [-0.3, -0.25) is 10.1 Å². The summed E-state index contributed by atoms with van der Waals surface area (Å²) in [6.07, 6.45) is 7.31. The Morgan fingerprint density at radius 1 is 1.33 bits per heavy atom. The largest absolute Gasteiger partial charge is 0.317 e. The lowest BCUT2D eigenvalue weighted by molar-refractivity contribution is 0.102. The number of imidazole rings is 1. The highest BCUT2D eigenvalue weighted by Gasteiger charge is 2.21. The van der Waals surface area contributed by atoms with E-state index in [-0.39, 0.29) is 5.91 Å². The average molecular weight is 325 g/mol. The summed E-state index contributed by atoms with van der Waals surface area (Å²) >= 11 is 0. The quantitative estimate of drug-likeness (QED) is 0.755. The van der Waals surface area contributed by atoms with Crippen LogP contribution in [0.4, 0.5) is 5.95 Å². The first-order valence-corrected chi connectivity index (χ1v) is 8.06. The molecule has 8 nitrogen and oxygen atoms in total. The maximum absolute atomic E-state index is 12.5. The number of piperidine rings is 1. The zero-order valence-electron chi connectivity index (χ0n) is 13.4. The summed E-state index contributed by atoms with van der Waals surface area (Å²) in [6, 6.07) is 3.56. The van der Waals surface area contributed by atoms with Gasteiger partial charge in [0.05, 0.1) is 5.56 Å². The van der Waals surface area contributed by atoms with Gasteiger partial charge in [0.25, 0.3) is 5.91 Å². The molecule has 1 saturated heterocycles. The Hall–Kier alpha value is -2.74. The molecule has 3 aromatic rings. The molecule has 1 fully saturated rings. The SMILES string of the molecule is Cn1nc(C2CCNCC2)nc1NC(=O)c1ccc2nccn2c1. The van der Waals surface area contributed by atoms with Crippen LogP contribution >= 0.6 is 0 Å². The third-order valence-corrected chi connectivity index (χ3v) is 4.36. The molecule has 1 aliphatic rings. The molecule has 2 N–H and O–H groups in total. The molecule has 24 heavy (non-hydrogen) atoms. The number of aromatic nitrogens is 5. The number of nitrogens with zero attached hydrogens (tertiary/aromatic N) is 5. The maximum atomic E-state index is 12.5. The Balaban J connectivity index is 1.53. The van der Waals surface area contributed by atoms with E-state index >= 15 is 0 Å². The van der Waals surface area contributed by atoms with Crippen molar-refractivity contribution in [2.45, 2.75) is 18.8 Å². The van der Waals surface area contributed by atoms with Crippen LogP contribution in [-0.4, -0.2) is 43.1 Å². The number of hydrogen-bond donors (Lipinski definition) is 2. The smallest absolute Gasteiger partial charge is 0.259 e. The number of carbonyl (C=O) groups excluding carboxylic acids is 1. The molecule has 124 valence electrons. The van der Waals surface area contributed by atoms with E-state index in [1.54, 1.807) is 30.2 Å². The minimum Gasteiger partial charge on any atom is -0.317 e. The fourth-order valence-corrected chi connectivity index (χ4v) is 2.99. The second-order valence-electron chi connectivity index (χ2n) is 6.01. The van der Waals surface area contributed by atoms with Crippen LogP contribution in [0, 0.1) is 0 Å². The standard InChI is InChI=1S/C16H19N7O/c1-22-16(19-14(21-22)11-4-6-17-7-5-11)20-15(24)12-2-3-13-18-8-9-23(13)10-12/h2-3,8-11,17H,4-7H2,1H3,(H,19,20,21,24). The van der Waals surface area contributed by atoms with Crippen LogP contribution in [0.5, 0.6) is 0 Å². The monoisotopic (exact) mass is 325 g/mol. The first-order chi connectivity index (χ1) is 11.7. The van der Waals surface area contributed by atoms with Crippen molar-refractivity contribution in [2.24, 2.45) is 7.05 Å². The van der Waals surface area contributed by atoms with Crippen molar-refractivity contribution < 1.29 is 4.79 Å². The summed E-state index contributed by atoms with van der Waals surface area (Å²) in [7, 11) is 1.80. The second-order valence-corrected chi connectivity index (χ2v) is 6.01. The first kappa shape index (κ1) is 14.8. The van der Waals surface area contributed by atoms with Gasteiger partial charge >= 0.3 is 0 Å². The van der Waals surface area contributed by atoms with Crippen LogP contribution in [0.15, 0.2) is 30.7 Å². The zero-order valence-corrected chi connectivity index (χ0v) is 13.4. The summed E-state index contributed by atoms with van der Waals surface area (Å²) in [6.45, 7) is 1.96. The number of amides is 1. The van der Waals surface area contributed by atoms with Crippen LogP contribution in [0.3, 0.4) is 0 Å². The summed E-state index contributed by atoms with van der Waals surface area (Å²) in [5.41, 5.74) is 1.35. The topological polar surface area (TPSA) is 89.1 Å². The Labute approximate surface area is 138 Å². The molecule has 8 heteroatoms. The molecule has 0 saturated carbocycles. The lowest BCUT2D eigenvalue weighted by atomic mass is 9.98. The number of aryl methyl sites for hydroxylation is 1. The molecule has 0 aliphatic carbocycles. The summed E-state index contributed by atoms with van der Waals surface area (Å²) in [4.78, 5) is 21.2. The highest BCUT2D eigenvalue weighted by atomic mass is 16.1. The van der Waals surface area contributed by atoms with Gasteiger partial charge in [-0.15, -0.1) is 0 Å². The van der Waals surface area contributed by atoms with Crippen molar-refractivity contribution in [3.63, 3.8) is 0 Å². The molecule has 0 atom stereocenters. The Kier molecular flexibility index (Phi) is 3.73. The molecule has 0 radical (unpaired) electrons. The van der Waals surface area contributed by atoms with Crippen LogP contribution in [-0.2, 0) is 7.05 Å². The fourth-order valence-electron chi connectivity index (χ4n) is 2.99. The zero-order chi connectivity index (χ0) is 16.5. The van der Waals surface area contributed by atoms with E-state index in [1.165, 1.54) is 0 Å². The van der Waals surface area contributed by atoms with Gasteiger partial charge in [-0.1, -0.05) is 0 Å². The lowest BCUT2D eigenvalue weighted by Crippen LogP contribution is -2.27. The number of pyridine rings is 1. The van der Waals surface area contributed by atoms with Crippen molar-refractivity contribution >= 4 is 17.5 Å². The Bertz CT molecular complexity index is 876. The number of fused-ring (bicyclic) bond motifs is 1. The number of nitrogens with one attached hydrogen (secondary N) is 2. The van der Waals surface area contributed by atoms with Crippen LogP contribution < -0.4 is 10.6 Å². The molecule has 4 heterocycles. The normalized spacial score (nSPS) is 15.7. The first-order valence-electron chi connectivity index (χ1n) is 8.06. The summed E-state index contributed by atoms with van der Waals surface area (Å²) in [5, 5.41) is 10.6. The molecule has 4 rings (SSSR count). The van der Waals surface area contributed by atoms with Crippen molar-refractivity contribution in [2.75, 3.05) is 18.4 Å². The third-order valence-electron chi connectivity index (χ3n) is 4.36. The number of hydrogen-bond acceptors (Lipinski definition) is 5. The van der Waals surface area contributed by atoms with Gasteiger partial charge in [0.2, 0.25) is 5.95 Å². The van der Waals surface area contributed by atoms with Crippen molar-refractivity contribution in [1.82, 2.24) is 29.5 Å². The van der Waals surface area contributed by atoms with Gasteiger partial charge in [-0.25, -0.2) is 9.67 Å². The van der Waals surface area contributed by atoms with Gasteiger partial charge in [0.1, 0.15) is 5.65 Å². The molecule has 0 bridgehead atoms. The van der Waals surface area contributed by atoms with Crippen LogP contribution in [0.25, 0.3) is 5.65 Å². The van der Waals surface area contributed by atoms with E-state index < -0.39 is 0 Å². The van der Waals surface area contributed by atoms with E-state index in [0.717, 1.165) is 37.4 Å². The molecule has 1 amide bonds. The van der Waals surface area contributed by atoms with Crippen LogP contribution in [0.2, 0.25) is 0 Å². The van der Waals surface area contributed by atoms with E-state index in [0.29, 0.717) is 17.4 Å². The molecule has 1 aliphatic heterocycles. The second kappa shape index (κ2) is 6.04. The Morgan fingerprint density at radius 3 is 3.00 bits per heavy atom. The fraction of sp³-hybridized carbons (Fsp3) is 0.375. The number of carbonyl (C=O) groups is 1. The molecule has 0 aromatic carbocycles. The molecular formula is C16H19N7O. The van der Waals surface area contributed by atoms with Crippen LogP contribution in [0.1, 0.15) is 34.9 Å². The van der Waals surface area contributed by atoms with E-state index in [2.05, 4.69) is 25.7 Å². The molecular weight excluding hydrogens is 306 g/mol. The van der Waals surface area contributed by atoms with Gasteiger partial charge < -0.3 is 9.72 Å². The third kappa shape index (κ3) is 2.76. The van der Waals surface area contributed by atoms with E-state index in [1.807, 2.05) is 16.7 Å². The van der Waals surface area contributed by atoms with Gasteiger partial charge in [-0.05, 0) is 38.1 Å². The average Bonchev–Trinajstić information content (AvgIpc) is 3.22. The molecule has 0 spiro atoms. The maximum Gasteiger partial charge on any atom is 0.259 e. The van der Waals surface area contributed by atoms with Gasteiger partial charge in [0, 0.05) is 31.6 Å². The van der Waals surface area contributed by atoms with E-state index in [9.17, 15) is 4.79 Å². The predicted molar refractivity (Wildman–Crippen MR) is 89.0 cm³/mol. The molecule has 0 unspecified atom stereocenters.